The van der Waals surface area contributed by atoms with Gasteiger partial charge in [0.15, 0.2) is 0 Å². The second-order valence-electron chi connectivity index (χ2n) is 7.79. The number of hydrogen-bond acceptors (Lipinski definition) is 6. The highest BCUT2D eigenvalue weighted by atomic mass is 16.6. The topological polar surface area (TPSA) is 90.5 Å². The Labute approximate surface area is 173 Å². The van der Waals surface area contributed by atoms with E-state index in [1.165, 1.54) is 12.1 Å². The molecule has 0 aliphatic carbocycles. The average Bonchev–Trinajstić information content (AvgIpc) is 2.75. The summed E-state index contributed by atoms with van der Waals surface area (Å²) >= 11 is 0. The maximum atomic E-state index is 13.5. The van der Waals surface area contributed by atoms with Gasteiger partial charge >= 0.3 is 0 Å². The molecule has 0 amide bonds. The molecule has 8 heteroatoms. The second-order valence-corrected chi connectivity index (χ2v) is 7.79. The fourth-order valence-corrected chi connectivity index (χ4v) is 3.88. The minimum atomic E-state index is -0.502. The normalized spacial score (nSPS) is 15.4. The number of likely N-dealkylation sites (tertiary alicyclic amines) is 1. The Kier molecular flexibility index (Phi) is 5.50. The summed E-state index contributed by atoms with van der Waals surface area (Å²) in [5, 5.41) is 11.4. The van der Waals surface area contributed by atoms with Gasteiger partial charge in [-0.15, -0.1) is 0 Å². The highest BCUT2D eigenvalue weighted by Crippen LogP contribution is 2.23. The molecule has 0 atom stereocenters. The van der Waals surface area contributed by atoms with Gasteiger partial charge in [-0.3, -0.25) is 24.4 Å². The second kappa shape index (κ2) is 8.23. The van der Waals surface area contributed by atoms with Crippen LogP contribution >= 0.6 is 0 Å². The molecule has 1 fully saturated rings. The molecule has 3 aromatic rings. The summed E-state index contributed by atoms with van der Waals surface area (Å²) in [4.78, 5) is 31.2. The van der Waals surface area contributed by atoms with Gasteiger partial charge < -0.3 is 4.74 Å². The van der Waals surface area contributed by atoms with Crippen LogP contribution < -0.4 is 10.3 Å². The molecule has 1 saturated heterocycles. The van der Waals surface area contributed by atoms with E-state index in [0.29, 0.717) is 35.2 Å². The van der Waals surface area contributed by atoms with Gasteiger partial charge in [0.05, 0.1) is 35.2 Å². The minimum Gasteiger partial charge on any atom is -0.497 e. The molecule has 8 nitrogen and oxygen atoms in total. The van der Waals surface area contributed by atoms with Crippen molar-refractivity contribution in [3.05, 3.63) is 68.8 Å². The quantitative estimate of drug-likeness (QED) is 0.474. The first-order valence-corrected chi connectivity index (χ1v) is 10.0. The average molecular weight is 408 g/mol. The molecular weight excluding hydrogens is 384 g/mol. The summed E-state index contributed by atoms with van der Waals surface area (Å²) in [6.45, 7) is 4.69. The van der Waals surface area contributed by atoms with Crippen LogP contribution in [0.4, 0.5) is 5.69 Å². The van der Waals surface area contributed by atoms with E-state index in [-0.39, 0.29) is 16.6 Å². The number of rotatable bonds is 5. The van der Waals surface area contributed by atoms with Crippen molar-refractivity contribution in [1.82, 2.24) is 14.5 Å². The number of benzene rings is 2. The summed E-state index contributed by atoms with van der Waals surface area (Å²) in [5.74, 6) is 1.94. The third-order valence-corrected chi connectivity index (χ3v) is 5.68. The third-order valence-electron chi connectivity index (χ3n) is 5.68. The summed E-state index contributed by atoms with van der Waals surface area (Å²) < 4.78 is 6.87. The van der Waals surface area contributed by atoms with Crippen LogP contribution in [0.2, 0.25) is 0 Å². The lowest BCUT2D eigenvalue weighted by Gasteiger charge is -2.30. The van der Waals surface area contributed by atoms with Gasteiger partial charge in [0.1, 0.15) is 11.6 Å². The molecule has 0 unspecified atom stereocenters. The summed E-state index contributed by atoms with van der Waals surface area (Å²) in [7, 11) is 1.57. The van der Waals surface area contributed by atoms with Crippen molar-refractivity contribution in [3.8, 4) is 11.4 Å². The zero-order chi connectivity index (χ0) is 21.3. The number of hydrogen-bond donors (Lipinski definition) is 0. The van der Waals surface area contributed by atoms with Crippen LogP contribution in [0.15, 0.2) is 47.3 Å². The zero-order valence-corrected chi connectivity index (χ0v) is 17.1. The van der Waals surface area contributed by atoms with Crippen LogP contribution in [0.1, 0.15) is 25.6 Å². The molecular formula is C22H24N4O4. The minimum absolute atomic E-state index is 0.128. The Hall–Kier alpha value is -3.26. The van der Waals surface area contributed by atoms with Crippen molar-refractivity contribution in [2.24, 2.45) is 5.92 Å². The maximum Gasteiger partial charge on any atom is 0.270 e. The van der Waals surface area contributed by atoms with Crippen LogP contribution in [-0.4, -0.2) is 39.6 Å². The highest BCUT2D eigenvalue weighted by Gasteiger charge is 2.21. The summed E-state index contributed by atoms with van der Waals surface area (Å²) in [6.07, 6.45) is 2.23. The molecule has 0 N–H and O–H groups in total. The standard InChI is InChI=1S/C22H24N4O4/c1-15-8-10-24(11-9-15)14-21-23-20-7-6-17(26(28)29)13-19(20)22(27)25(21)16-4-3-5-18(12-16)30-2/h3-7,12-13,15H,8-11,14H2,1-2H3. The predicted molar refractivity (Wildman–Crippen MR) is 114 cm³/mol. The Morgan fingerprint density at radius 2 is 1.97 bits per heavy atom. The molecule has 1 aliphatic rings. The van der Waals surface area contributed by atoms with Crippen LogP contribution in [0.3, 0.4) is 0 Å². The molecule has 156 valence electrons. The molecule has 2 aromatic carbocycles. The Balaban J connectivity index is 1.88. The van der Waals surface area contributed by atoms with Gasteiger partial charge in [-0.1, -0.05) is 13.0 Å². The van der Waals surface area contributed by atoms with E-state index in [9.17, 15) is 14.9 Å². The fraction of sp³-hybridized carbons (Fsp3) is 0.364. The van der Waals surface area contributed by atoms with Crippen molar-refractivity contribution >= 4 is 16.6 Å². The number of methoxy groups -OCH3 is 1. The smallest absolute Gasteiger partial charge is 0.270 e. The molecule has 0 radical (unpaired) electrons. The van der Waals surface area contributed by atoms with Gasteiger partial charge in [-0.05, 0) is 50.0 Å². The number of nitro groups is 1. The molecule has 0 saturated carbocycles. The molecule has 1 aromatic heterocycles. The van der Waals surface area contributed by atoms with Crippen LogP contribution in [0, 0.1) is 16.0 Å². The van der Waals surface area contributed by atoms with Crippen molar-refractivity contribution < 1.29 is 9.66 Å². The molecule has 0 bridgehead atoms. The van der Waals surface area contributed by atoms with Gasteiger partial charge in [-0.2, -0.15) is 0 Å². The number of piperidine rings is 1. The van der Waals surface area contributed by atoms with E-state index >= 15 is 0 Å². The summed E-state index contributed by atoms with van der Waals surface area (Å²) in [6, 6.07) is 11.4. The number of fused-ring (bicyclic) bond motifs is 1. The SMILES string of the molecule is COc1cccc(-n2c(CN3CCC(C)CC3)nc3ccc([N+](=O)[O-])cc3c2=O)c1. The van der Waals surface area contributed by atoms with Gasteiger partial charge in [0, 0.05) is 18.2 Å². The first kappa shape index (κ1) is 20.0. The zero-order valence-electron chi connectivity index (χ0n) is 17.1. The number of nitro benzene ring substituents is 1. The lowest BCUT2D eigenvalue weighted by Crippen LogP contribution is -2.35. The lowest BCUT2D eigenvalue weighted by atomic mass is 9.99. The van der Waals surface area contributed by atoms with E-state index in [0.717, 1.165) is 25.9 Å². The van der Waals surface area contributed by atoms with Crippen molar-refractivity contribution in [3.63, 3.8) is 0 Å². The Bertz CT molecular complexity index is 1150. The maximum absolute atomic E-state index is 13.5. The third kappa shape index (κ3) is 3.91. The van der Waals surface area contributed by atoms with E-state index in [1.807, 2.05) is 12.1 Å². The number of non-ortho nitro benzene ring substituents is 1. The van der Waals surface area contributed by atoms with Gasteiger partial charge in [0.2, 0.25) is 0 Å². The van der Waals surface area contributed by atoms with E-state index in [4.69, 9.17) is 9.72 Å². The molecule has 30 heavy (non-hydrogen) atoms. The predicted octanol–water partition coefficient (Wildman–Crippen LogP) is 3.53. The van der Waals surface area contributed by atoms with E-state index in [2.05, 4.69) is 11.8 Å². The molecule has 0 spiro atoms. The van der Waals surface area contributed by atoms with Crippen LogP contribution in [0.5, 0.6) is 5.75 Å². The Morgan fingerprint density at radius 3 is 2.67 bits per heavy atom. The van der Waals surface area contributed by atoms with Crippen LogP contribution in [0.25, 0.3) is 16.6 Å². The number of aromatic nitrogens is 2. The van der Waals surface area contributed by atoms with E-state index < -0.39 is 4.92 Å². The number of ether oxygens (including phenoxy) is 1. The van der Waals surface area contributed by atoms with Crippen molar-refractivity contribution in [1.29, 1.82) is 0 Å². The lowest BCUT2D eigenvalue weighted by molar-refractivity contribution is -0.384. The molecule has 4 rings (SSSR count). The van der Waals surface area contributed by atoms with Crippen molar-refractivity contribution in [2.75, 3.05) is 20.2 Å². The molecule has 2 heterocycles. The van der Waals surface area contributed by atoms with Gasteiger partial charge in [-0.25, -0.2) is 4.98 Å². The first-order chi connectivity index (χ1) is 14.5. The first-order valence-electron chi connectivity index (χ1n) is 10.0. The Morgan fingerprint density at radius 1 is 1.20 bits per heavy atom. The molecule has 1 aliphatic heterocycles. The van der Waals surface area contributed by atoms with Gasteiger partial charge in [0.25, 0.3) is 11.2 Å². The highest BCUT2D eigenvalue weighted by molar-refractivity contribution is 5.80. The monoisotopic (exact) mass is 408 g/mol. The van der Waals surface area contributed by atoms with E-state index in [1.54, 1.807) is 29.9 Å². The van der Waals surface area contributed by atoms with Crippen LogP contribution in [-0.2, 0) is 6.54 Å². The van der Waals surface area contributed by atoms with Crippen molar-refractivity contribution in [2.45, 2.75) is 26.3 Å². The largest absolute Gasteiger partial charge is 0.497 e. The fourth-order valence-electron chi connectivity index (χ4n) is 3.88. The number of nitrogens with zero attached hydrogens (tertiary/aromatic N) is 4. The summed E-state index contributed by atoms with van der Waals surface area (Å²) in [5.41, 5.74) is 0.638.